The smallest absolute Gasteiger partial charge is 0.338 e. The highest BCUT2D eigenvalue weighted by molar-refractivity contribution is 5.93. The molecule has 1 aromatic carbocycles. The largest absolute Gasteiger partial charge is 0.457 e. The zero-order valence-electron chi connectivity index (χ0n) is 9.30. The lowest BCUT2D eigenvalue weighted by Crippen LogP contribution is -2.21. The van der Waals surface area contributed by atoms with Crippen LogP contribution in [0.4, 0.5) is 0 Å². The Labute approximate surface area is 98.8 Å². The topological polar surface area (TPSA) is 92.8 Å². The summed E-state index contributed by atoms with van der Waals surface area (Å²) >= 11 is 0. The van der Waals surface area contributed by atoms with Crippen molar-refractivity contribution in [1.82, 2.24) is 0 Å². The van der Waals surface area contributed by atoms with Crippen molar-refractivity contribution in [3.05, 3.63) is 34.9 Å². The highest BCUT2D eigenvalue weighted by Gasteiger charge is 2.24. The van der Waals surface area contributed by atoms with E-state index in [1.54, 1.807) is 18.2 Å². The maximum absolute atomic E-state index is 11.2. The fourth-order valence-electron chi connectivity index (χ4n) is 1.89. The van der Waals surface area contributed by atoms with Gasteiger partial charge in [-0.05, 0) is 30.7 Å². The molecule has 0 aromatic heterocycles. The van der Waals surface area contributed by atoms with Gasteiger partial charge in [0.2, 0.25) is 0 Å². The summed E-state index contributed by atoms with van der Waals surface area (Å²) in [4.78, 5) is 11.2. The lowest BCUT2D eigenvalue weighted by Gasteiger charge is -2.17. The van der Waals surface area contributed by atoms with Gasteiger partial charge in [-0.25, -0.2) is 4.79 Å². The second kappa shape index (κ2) is 4.83. The minimum absolute atomic E-state index is 0.224. The van der Waals surface area contributed by atoms with Crippen LogP contribution in [0.1, 0.15) is 34.0 Å². The van der Waals surface area contributed by atoms with Crippen molar-refractivity contribution in [1.29, 1.82) is 0 Å². The summed E-state index contributed by atoms with van der Waals surface area (Å²) in [6.45, 7) is 0.534. The highest BCUT2D eigenvalue weighted by atomic mass is 16.5. The summed E-state index contributed by atoms with van der Waals surface area (Å²) in [6, 6.07) is 4.92. The number of hydrogen-bond donors (Lipinski definition) is 3. The number of fused-ring (bicyclic) bond motifs is 1. The highest BCUT2D eigenvalue weighted by Crippen LogP contribution is 2.26. The van der Waals surface area contributed by atoms with Crippen LogP contribution >= 0.6 is 0 Å². The zero-order valence-corrected chi connectivity index (χ0v) is 9.30. The Morgan fingerprint density at radius 1 is 1.41 bits per heavy atom. The number of carbonyl (C=O) groups excluding carboxylic acids is 1. The summed E-state index contributed by atoms with van der Waals surface area (Å²) in [6.07, 6.45) is -1.55. The van der Waals surface area contributed by atoms with E-state index in [1.165, 1.54) is 0 Å². The van der Waals surface area contributed by atoms with E-state index in [2.05, 4.69) is 0 Å². The Balaban J connectivity index is 2.20. The number of rotatable bonds is 4. The number of aliphatic hydroxyl groups is 2. The van der Waals surface area contributed by atoms with Crippen LogP contribution in [0, 0.1) is 0 Å². The first-order valence-electron chi connectivity index (χ1n) is 5.49. The van der Waals surface area contributed by atoms with Crippen LogP contribution in [0.2, 0.25) is 0 Å². The molecular weight excluding hydrogens is 222 g/mol. The Morgan fingerprint density at radius 2 is 2.18 bits per heavy atom. The number of carbonyl (C=O) groups is 1. The molecule has 2 unspecified atom stereocenters. The molecule has 1 aliphatic heterocycles. The van der Waals surface area contributed by atoms with E-state index in [9.17, 15) is 15.0 Å². The number of aliphatic hydroxyl groups excluding tert-OH is 2. The van der Waals surface area contributed by atoms with Crippen LogP contribution in [0.5, 0.6) is 0 Å². The van der Waals surface area contributed by atoms with Crippen molar-refractivity contribution >= 4 is 5.97 Å². The van der Waals surface area contributed by atoms with Gasteiger partial charge in [0.15, 0.2) is 0 Å². The minimum Gasteiger partial charge on any atom is -0.457 e. The number of hydrogen-bond acceptors (Lipinski definition) is 5. The molecule has 1 aliphatic rings. The van der Waals surface area contributed by atoms with Crippen molar-refractivity contribution in [3.8, 4) is 0 Å². The molecule has 0 spiro atoms. The summed E-state index contributed by atoms with van der Waals surface area (Å²) in [7, 11) is 0. The van der Waals surface area contributed by atoms with Gasteiger partial charge in [0.25, 0.3) is 0 Å². The predicted octanol–water partition coefficient (Wildman–Crippen LogP) is 0.100. The standard InChI is InChI=1S/C12H15NO4/c13-4-3-10(14)11(15)7-1-2-9-8(5-7)6-17-12(9)16/h1-2,5,10-11,14-15H,3-4,6,13H2. The lowest BCUT2D eigenvalue weighted by atomic mass is 9.98. The molecule has 0 radical (unpaired) electrons. The monoisotopic (exact) mass is 237 g/mol. The molecular formula is C12H15NO4. The normalized spacial score (nSPS) is 17.5. The molecule has 0 saturated carbocycles. The molecule has 2 atom stereocenters. The van der Waals surface area contributed by atoms with Crippen LogP contribution < -0.4 is 5.73 Å². The average Bonchev–Trinajstić information content (AvgIpc) is 2.70. The molecule has 5 heteroatoms. The van der Waals surface area contributed by atoms with E-state index in [1.807, 2.05) is 0 Å². The Morgan fingerprint density at radius 3 is 2.88 bits per heavy atom. The first-order valence-corrected chi connectivity index (χ1v) is 5.49. The molecule has 17 heavy (non-hydrogen) atoms. The molecule has 0 amide bonds. The van der Waals surface area contributed by atoms with Crippen molar-refractivity contribution in [3.63, 3.8) is 0 Å². The fourth-order valence-corrected chi connectivity index (χ4v) is 1.89. The summed E-state index contributed by atoms with van der Waals surface area (Å²) in [5.41, 5.74) is 7.15. The second-order valence-electron chi connectivity index (χ2n) is 4.08. The third-order valence-corrected chi connectivity index (χ3v) is 2.88. The van der Waals surface area contributed by atoms with Crippen molar-refractivity contribution in [2.75, 3.05) is 6.54 Å². The molecule has 1 aromatic rings. The molecule has 0 fully saturated rings. The quantitative estimate of drug-likeness (QED) is 0.646. The number of cyclic esters (lactones) is 1. The van der Waals surface area contributed by atoms with Gasteiger partial charge in [-0.15, -0.1) is 0 Å². The number of nitrogens with two attached hydrogens (primary N) is 1. The Hall–Kier alpha value is -1.43. The molecule has 4 N–H and O–H groups in total. The van der Waals surface area contributed by atoms with E-state index in [4.69, 9.17) is 10.5 Å². The van der Waals surface area contributed by atoms with Crippen LogP contribution in [-0.4, -0.2) is 28.8 Å². The van der Waals surface area contributed by atoms with Gasteiger partial charge in [0.1, 0.15) is 12.7 Å². The SMILES string of the molecule is NCCC(O)C(O)c1ccc2c(c1)COC2=O. The van der Waals surface area contributed by atoms with Crippen LogP contribution in [0.15, 0.2) is 18.2 Å². The van der Waals surface area contributed by atoms with Gasteiger partial charge in [-0.3, -0.25) is 0 Å². The third-order valence-electron chi connectivity index (χ3n) is 2.88. The second-order valence-corrected chi connectivity index (χ2v) is 4.08. The van der Waals surface area contributed by atoms with Crippen molar-refractivity contribution in [2.45, 2.75) is 25.2 Å². The van der Waals surface area contributed by atoms with Gasteiger partial charge in [0.05, 0.1) is 11.7 Å². The van der Waals surface area contributed by atoms with Crippen LogP contribution in [0.25, 0.3) is 0 Å². The average molecular weight is 237 g/mol. The molecule has 2 rings (SSSR count). The predicted molar refractivity (Wildman–Crippen MR) is 60.2 cm³/mol. The van der Waals surface area contributed by atoms with E-state index < -0.39 is 12.2 Å². The van der Waals surface area contributed by atoms with E-state index >= 15 is 0 Å². The summed E-state index contributed by atoms with van der Waals surface area (Å²) in [5.74, 6) is -0.344. The molecule has 0 saturated heterocycles. The van der Waals surface area contributed by atoms with Gasteiger partial charge >= 0.3 is 5.97 Å². The Kier molecular flexibility index (Phi) is 3.42. The first-order chi connectivity index (χ1) is 8.13. The maximum Gasteiger partial charge on any atom is 0.338 e. The van der Waals surface area contributed by atoms with Gasteiger partial charge in [-0.2, -0.15) is 0 Å². The molecule has 5 nitrogen and oxygen atoms in total. The van der Waals surface area contributed by atoms with E-state index in [0.717, 1.165) is 5.56 Å². The fraction of sp³-hybridized carbons (Fsp3) is 0.417. The zero-order chi connectivity index (χ0) is 12.4. The van der Waals surface area contributed by atoms with Gasteiger partial charge in [-0.1, -0.05) is 6.07 Å². The van der Waals surface area contributed by atoms with E-state index in [0.29, 0.717) is 24.1 Å². The van der Waals surface area contributed by atoms with Gasteiger partial charge < -0.3 is 20.7 Å². The number of esters is 1. The molecule has 1 heterocycles. The lowest BCUT2D eigenvalue weighted by molar-refractivity contribution is 0.0149. The third kappa shape index (κ3) is 2.31. The molecule has 92 valence electrons. The Bertz CT molecular complexity index is 433. The van der Waals surface area contributed by atoms with Crippen LogP contribution in [-0.2, 0) is 11.3 Å². The molecule has 0 bridgehead atoms. The van der Waals surface area contributed by atoms with Gasteiger partial charge in [0, 0.05) is 5.56 Å². The minimum atomic E-state index is -0.987. The number of benzene rings is 1. The van der Waals surface area contributed by atoms with Crippen LogP contribution in [0.3, 0.4) is 0 Å². The number of ether oxygens (including phenoxy) is 1. The summed E-state index contributed by atoms with van der Waals surface area (Å²) in [5, 5.41) is 19.5. The van der Waals surface area contributed by atoms with Crippen molar-refractivity contribution < 1.29 is 19.7 Å². The first kappa shape index (κ1) is 12.0. The summed E-state index contributed by atoms with van der Waals surface area (Å²) < 4.78 is 4.86. The molecule has 0 aliphatic carbocycles. The van der Waals surface area contributed by atoms with Crippen molar-refractivity contribution in [2.24, 2.45) is 5.73 Å². The van der Waals surface area contributed by atoms with E-state index in [-0.39, 0.29) is 12.6 Å². The maximum atomic E-state index is 11.2.